The Bertz CT molecular complexity index is 389. The summed E-state index contributed by atoms with van der Waals surface area (Å²) >= 11 is 0. The zero-order valence-corrected chi connectivity index (χ0v) is 9.36. The van der Waals surface area contributed by atoms with Crippen LogP contribution < -0.4 is 5.32 Å². The Morgan fingerprint density at radius 3 is 2.25 bits per heavy atom. The number of carboxylic acids is 1. The molecule has 0 heterocycles. The van der Waals surface area contributed by atoms with E-state index in [1.165, 1.54) is 6.92 Å². The van der Waals surface area contributed by atoms with Crippen molar-refractivity contribution in [2.24, 2.45) is 0 Å². The highest BCUT2D eigenvalue weighted by atomic mass is 16.4. The lowest BCUT2D eigenvalue weighted by atomic mass is 9.87. The first-order valence-electron chi connectivity index (χ1n) is 5.10. The summed E-state index contributed by atoms with van der Waals surface area (Å²) in [6.45, 7) is 3.05. The average molecular weight is 221 g/mol. The molecule has 1 amide bonds. The lowest BCUT2D eigenvalue weighted by Crippen LogP contribution is -2.50. The second kappa shape index (κ2) is 4.79. The predicted molar refractivity (Wildman–Crippen MR) is 59.9 cm³/mol. The number of rotatable bonds is 4. The van der Waals surface area contributed by atoms with Crippen molar-refractivity contribution in [2.75, 3.05) is 0 Å². The molecule has 0 unspecified atom stereocenters. The van der Waals surface area contributed by atoms with E-state index in [0.717, 1.165) is 0 Å². The minimum absolute atomic E-state index is 0.298. The first-order chi connectivity index (χ1) is 7.53. The van der Waals surface area contributed by atoms with Crippen LogP contribution in [-0.2, 0) is 15.1 Å². The van der Waals surface area contributed by atoms with Gasteiger partial charge >= 0.3 is 5.97 Å². The van der Waals surface area contributed by atoms with Crippen molar-refractivity contribution in [3.8, 4) is 0 Å². The van der Waals surface area contributed by atoms with Crippen LogP contribution in [0.15, 0.2) is 30.3 Å². The molecule has 2 N–H and O–H groups in total. The van der Waals surface area contributed by atoms with Crippen LogP contribution in [0.3, 0.4) is 0 Å². The second-order valence-corrected chi connectivity index (χ2v) is 3.61. The highest BCUT2D eigenvalue weighted by Crippen LogP contribution is 2.25. The van der Waals surface area contributed by atoms with Crippen LogP contribution in [0.1, 0.15) is 25.8 Å². The van der Waals surface area contributed by atoms with Gasteiger partial charge in [0.05, 0.1) is 0 Å². The number of hydrogen-bond donors (Lipinski definition) is 2. The van der Waals surface area contributed by atoms with E-state index in [4.69, 9.17) is 0 Å². The van der Waals surface area contributed by atoms with E-state index < -0.39 is 11.5 Å². The van der Waals surface area contributed by atoms with Gasteiger partial charge in [-0.1, -0.05) is 37.3 Å². The minimum Gasteiger partial charge on any atom is -0.479 e. The molecule has 0 aliphatic rings. The Morgan fingerprint density at radius 2 is 1.88 bits per heavy atom. The zero-order chi connectivity index (χ0) is 12.2. The van der Waals surface area contributed by atoms with Crippen LogP contribution in [-0.4, -0.2) is 17.0 Å². The molecule has 0 aliphatic carbocycles. The summed E-state index contributed by atoms with van der Waals surface area (Å²) in [7, 11) is 0. The number of carboxylic acid groups (broad SMARTS) is 1. The number of hydrogen-bond acceptors (Lipinski definition) is 2. The standard InChI is InChI=1S/C12H15NO3/c1-3-12(11(15)16,13-9(2)14)10-7-5-4-6-8-10/h4-8H,3H2,1-2H3,(H,13,14)(H,15,16)/t12-/m1/s1. The van der Waals surface area contributed by atoms with E-state index in [0.29, 0.717) is 12.0 Å². The number of carbonyl (C=O) groups excluding carboxylic acids is 1. The van der Waals surface area contributed by atoms with Crippen molar-refractivity contribution < 1.29 is 14.7 Å². The summed E-state index contributed by atoms with van der Waals surface area (Å²) in [4.78, 5) is 22.5. The first-order valence-corrected chi connectivity index (χ1v) is 5.10. The average Bonchev–Trinajstić information content (AvgIpc) is 2.26. The van der Waals surface area contributed by atoms with E-state index in [-0.39, 0.29) is 5.91 Å². The fourth-order valence-corrected chi connectivity index (χ4v) is 1.72. The molecule has 0 saturated heterocycles. The van der Waals surface area contributed by atoms with Crippen molar-refractivity contribution in [3.63, 3.8) is 0 Å². The molecule has 1 aromatic carbocycles. The van der Waals surface area contributed by atoms with Gasteiger partial charge in [-0.25, -0.2) is 4.79 Å². The summed E-state index contributed by atoms with van der Waals surface area (Å²) < 4.78 is 0. The molecule has 0 aliphatic heterocycles. The van der Waals surface area contributed by atoms with E-state index in [1.54, 1.807) is 37.3 Å². The summed E-state index contributed by atoms with van der Waals surface area (Å²) in [5.41, 5.74) is -0.743. The monoisotopic (exact) mass is 221 g/mol. The van der Waals surface area contributed by atoms with Crippen LogP contribution in [0, 0.1) is 0 Å². The smallest absolute Gasteiger partial charge is 0.334 e. The molecule has 1 aromatic rings. The molecule has 1 rings (SSSR count). The van der Waals surface area contributed by atoms with Gasteiger partial charge in [-0.15, -0.1) is 0 Å². The Hall–Kier alpha value is -1.84. The van der Waals surface area contributed by atoms with Crippen molar-refractivity contribution in [2.45, 2.75) is 25.8 Å². The van der Waals surface area contributed by atoms with Gasteiger partial charge in [0.2, 0.25) is 5.91 Å². The molecule has 16 heavy (non-hydrogen) atoms. The van der Waals surface area contributed by atoms with Gasteiger partial charge in [0, 0.05) is 6.92 Å². The van der Waals surface area contributed by atoms with E-state index in [1.807, 2.05) is 0 Å². The first kappa shape index (κ1) is 12.2. The molecule has 4 heteroatoms. The maximum absolute atomic E-state index is 11.4. The van der Waals surface area contributed by atoms with Crippen molar-refractivity contribution >= 4 is 11.9 Å². The number of carbonyl (C=O) groups is 2. The topological polar surface area (TPSA) is 66.4 Å². The molecule has 1 atom stereocenters. The van der Waals surface area contributed by atoms with Gasteiger partial charge in [0.1, 0.15) is 0 Å². The van der Waals surface area contributed by atoms with Gasteiger partial charge in [-0.05, 0) is 12.0 Å². The SMILES string of the molecule is CC[C@](NC(C)=O)(C(=O)O)c1ccccc1. The predicted octanol–water partition coefficient (Wildman–Crippen LogP) is 1.51. The lowest BCUT2D eigenvalue weighted by Gasteiger charge is -2.29. The highest BCUT2D eigenvalue weighted by molar-refractivity contribution is 5.87. The van der Waals surface area contributed by atoms with Crippen molar-refractivity contribution in [1.29, 1.82) is 0 Å². The Labute approximate surface area is 94.3 Å². The molecule has 0 spiro atoms. The second-order valence-electron chi connectivity index (χ2n) is 3.61. The van der Waals surface area contributed by atoms with Crippen LogP contribution in [0.4, 0.5) is 0 Å². The number of benzene rings is 1. The van der Waals surface area contributed by atoms with Gasteiger partial charge in [-0.2, -0.15) is 0 Å². The summed E-state index contributed by atoms with van der Waals surface area (Å²) in [6, 6.07) is 8.72. The normalized spacial score (nSPS) is 13.9. The third-order valence-electron chi connectivity index (χ3n) is 2.55. The summed E-state index contributed by atoms with van der Waals surface area (Å²) in [5.74, 6) is -1.40. The van der Waals surface area contributed by atoms with Crippen LogP contribution in [0.25, 0.3) is 0 Å². The fourth-order valence-electron chi connectivity index (χ4n) is 1.72. The molecule has 0 aromatic heterocycles. The van der Waals surface area contributed by atoms with E-state index >= 15 is 0 Å². The highest BCUT2D eigenvalue weighted by Gasteiger charge is 2.39. The van der Waals surface area contributed by atoms with Crippen LogP contribution in [0.2, 0.25) is 0 Å². The Balaban J connectivity index is 3.23. The third-order valence-corrected chi connectivity index (χ3v) is 2.55. The van der Waals surface area contributed by atoms with Crippen molar-refractivity contribution in [1.82, 2.24) is 5.32 Å². The Kier molecular flexibility index (Phi) is 3.66. The maximum Gasteiger partial charge on any atom is 0.334 e. The van der Waals surface area contributed by atoms with Crippen molar-refractivity contribution in [3.05, 3.63) is 35.9 Å². The molecule has 0 bridgehead atoms. The number of aliphatic carboxylic acids is 1. The third kappa shape index (κ3) is 2.21. The van der Waals surface area contributed by atoms with Gasteiger partial charge < -0.3 is 10.4 Å². The van der Waals surface area contributed by atoms with Gasteiger partial charge in [0.25, 0.3) is 0 Å². The largest absolute Gasteiger partial charge is 0.479 e. The summed E-state index contributed by atoms with van der Waals surface area (Å²) in [5, 5.41) is 11.8. The number of amides is 1. The summed E-state index contributed by atoms with van der Waals surface area (Å²) in [6.07, 6.45) is 0.298. The van der Waals surface area contributed by atoms with Crippen LogP contribution in [0.5, 0.6) is 0 Å². The molecule has 86 valence electrons. The quantitative estimate of drug-likeness (QED) is 0.810. The molecule has 0 fully saturated rings. The molecule has 0 saturated carbocycles. The molecule has 4 nitrogen and oxygen atoms in total. The fraction of sp³-hybridized carbons (Fsp3) is 0.333. The number of nitrogens with one attached hydrogen (secondary N) is 1. The maximum atomic E-state index is 11.4. The van der Waals surface area contributed by atoms with E-state index in [9.17, 15) is 14.7 Å². The lowest BCUT2D eigenvalue weighted by molar-refractivity contribution is -0.148. The molecular formula is C12H15NO3. The zero-order valence-electron chi connectivity index (χ0n) is 9.36. The van der Waals surface area contributed by atoms with Gasteiger partial charge in [-0.3, -0.25) is 4.79 Å². The van der Waals surface area contributed by atoms with E-state index in [2.05, 4.69) is 5.32 Å². The Morgan fingerprint density at radius 1 is 1.31 bits per heavy atom. The molecular weight excluding hydrogens is 206 g/mol. The van der Waals surface area contributed by atoms with Crippen LogP contribution >= 0.6 is 0 Å². The molecule has 0 radical (unpaired) electrons. The van der Waals surface area contributed by atoms with Gasteiger partial charge in [0.15, 0.2) is 5.54 Å². The minimum atomic E-state index is -1.33.